The number of anilines is 2. The van der Waals surface area contributed by atoms with Gasteiger partial charge in [-0.25, -0.2) is 0 Å². The molecule has 8 aromatic rings. The summed E-state index contributed by atoms with van der Waals surface area (Å²) in [6.45, 7) is 0. The van der Waals surface area contributed by atoms with Crippen LogP contribution < -0.4 is 40.7 Å². The summed E-state index contributed by atoms with van der Waals surface area (Å²) >= 11 is 0. The first-order valence-electron chi connectivity index (χ1n) is 18.6. The van der Waals surface area contributed by atoms with Crippen LogP contribution in [0.15, 0.2) is 146 Å². The molecule has 5 heterocycles. The fourth-order valence-corrected chi connectivity index (χ4v) is 7.14. The molecule has 8 nitrogen and oxygen atoms in total. The van der Waals surface area contributed by atoms with Crippen molar-refractivity contribution in [1.29, 1.82) is 0 Å². The highest BCUT2D eigenvalue weighted by molar-refractivity contribution is 5.80. The van der Waals surface area contributed by atoms with Gasteiger partial charge >= 0.3 is 0 Å². The van der Waals surface area contributed by atoms with Gasteiger partial charge < -0.3 is 39.2 Å². The Hall–Kier alpha value is -7.32. The minimum atomic E-state index is 0.761. The number of aromatic nitrogens is 4. The predicted molar refractivity (Wildman–Crippen MR) is 227 cm³/mol. The maximum atomic E-state index is 6.34. The van der Waals surface area contributed by atoms with Crippen LogP contribution >= 0.6 is 0 Å². The first kappa shape index (κ1) is 34.4. The molecule has 0 radical (unpaired) electrons. The lowest BCUT2D eigenvalue weighted by Crippen LogP contribution is -2.15. The number of H-pyrrole nitrogens is 4. The summed E-state index contributed by atoms with van der Waals surface area (Å²) in [4.78, 5) is 18.9. The van der Waals surface area contributed by atoms with Gasteiger partial charge in [0.05, 0.1) is 0 Å². The number of nitrogens with one attached hydrogen (secondary N) is 4. The molecule has 1 aliphatic heterocycles. The van der Waals surface area contributed by atoms with Gasteiger partial charge in [0.1, 0.15) is 23.0 Å². The third-order valence-electron chi connectivity index (χ3n) is 9.96. The number of ether oxygens (including phenoxy) is 2. The maximum Gasteiger partial charge on any atom is 0.128 e. The molecule has 276 valence electrons. The third-order valence-corrected chi connectivity index (χ3v) is 9.96. The molecule has 0 spiro atoms. The highest BCUT2D eigenvalue weighted by Gasteiger charge is 2.14. The van der Waals surface area contributed by atoms with E-state index >= 15 is 0 Å². The van der Waals surface area contributed by atoms with E-state index < -0.39 is 0 Å². The molecule has 0 fully saturated rings. The zero-order valence-corrected chi connectivity index (χ0v) is 31.7. The van der Waals surface area contributed by atoms with E-state index in [0.29, 0.717) is 0 Å². The summed E-state index contributed by atoms with van der Waals surface area (Å²) in [6, 6.07) is 49.7. The normalized spacial score (nSPS) is 12.1. The number of hydrogen-bond donors (Lipinski definition) is 4. The maximum absolute atomic E-state index is 6.34. The van der Waals surface area contributed by atoms with E-state index in [2.05, 4.69) is 139 Å². The van der Waals surface area contributed by atoms with Gasteiger partial charge in [-0.1, -0.05) is 24.3 Å². The number of aromatic amines is 4. The van der Waals surface area contributed by atoms with Gasteiger partial charge in [-0.2, -0.15) is 0 Å². The summed E-state index contributed by atoms with van der Waals surface area (Å²) in [5.41, 5.74) is 10.3. The fraction of sp³-hybridized carbons (Fsp3) is 0.0833. The van der Waals surface area contributed by atoms with Crippen molar-refractivity contribution in [2.45, 2.75) is 0 Å². The molecule has 9 rings (SSSR count). The summed E-state index contributed by atoms with van der Waals surface area (Å²) in [6.07, 6.45) is 4.27. The number of benzene rings is 4. The van der Waals surface area contributed by atoms with Gasteiger partial charge in [0, 0.05) is 94.9 Å². The minimum absolute atomic E-state index is 0.761. The Morgan fingerprint density at radius 2 is 0.821 bits per heavy atom. The van der Waals surface area contributed by atoms with Crippen molar-refractivity contribution >= 4 is 34.7 Å². The first-order chi connectivity index (χ1) is 27.3. The Morgan fingerprint density at radius 1 is 0.393 bits per heavy atom. The van der Waals surface area contributed by atoms with E-state index in [-0.39, 0.29) is 0 Å². The van der Waals surface area contributed by atoms with Crippen LogP contribution in [-0.4, -0.2) is 48.1 Å². The molecule has 1 aliphatic rings. The molecule has 8 heteroatoms. The molecule has 0 amide bonds. The lowest BCUT2D eigenvalue weighted by atomic mass is 10.0. The van der Waals surface area contributed by atoms with Gasteiger partial charge in [0.25, 0.3) is 0 Å². The van der Waals surface area contributed by atoms with Crippen LogP contribution in [0, 0.1) is 0 Å². The largest absolute Gasteiger partial charge is 0.457 e. The van der Waals surface area contributed by atoms with Crippen molar-refractivity contribution < 1.29 is 9.47 Å². The average molecular weight is 735 g/mol. The molecule has 8 bridgehead atoms. The molecule has 0 saturated heterocycles. The Bertz CT molecular complexity index is 2720. The van der Waals surface area contributed by atoms with Gasteiger partial charge in [0.2, 0.25) is 0 Å². The van der Waals surface area contributed by atoms with Crippen LogP contribution in [0.25, 0.3) is 23.3 Å². The van der Waals surface area contributed by atoms with Gasteiger partial charge in [-0.05, 0) is 145 Å². The predicted octanol–water partition coefficient (Wildman–Crippen LogP) is 7.18. The fourth-order valence-electron chi connectivity index (χ4n) is 7.14. The SMILES string of the molecule is CN(C)c1ccc(Oc2cccc(C3=c4ccc([nH]4)=Cc4ccc([nH]4)C(c4cccc(Oc5ccc(N(C)C)cc5)c4)=c4ccc([nH]4)=Cc4ccc3[nH]4)c2)cc1. The quantitative estimate of drug-likeness (QED) is 0.133. The molecule has 0 unspecified atom stereocenters. The molecular weight excluding hydrogens is 693 g/mol. The molecule has 4 aromatic heterocycles. The lowest BCUT2D eigenvalue weighted by molar-refractivity contribution is 0.482. The number of hydrogen-bond acceptors (Lipinski definition) is 4. The zero-order chi connectivity index (χ0) is 38.2. The molecule has 4 N–H and O–H groups in total. The molecule has 4 aromatic carbocycles. The van der Waals surface area contributed by atoms with Crippen LogP contribution in [-0.2, 0) is 0 Å². The van der Waals surface area contributed by atoms with E-state index in [1.54, 1.807) is 0 Å². The van der Waals surface area contributed by atoms with Gasteiger partial charge in [-0.3, -0.25) is 0 Å². The van der Waals surface area contributed by atoms with Gasteiger partial charge in [-0.15, -0.1) is 0 Å². The Kier molecular flexibility index (Phi) is 8.91. The second-order valence-corrected chi connectivity index (χ2v) is 14.4. The van der Waals surface area contributed by atoms with Crippen LogP contribution in [0.5, 0.6) is 23.0 Å². The summed E-state index contributed by atoms with van der Waals surface area (Å²) < 4.78 is 12.7. The van der Waals surface area contributed by atoms with Crippen LogP contribution in [0.2, 0.25) is 0 Å². The molecule has 56 heavy (non-hydrogen) atoms. The lowest BCUT2D eigenvalue weighted by Gasteiger charge is -2.13. The van der Waals surface area contributed by atoms with Crippen molar-refractivity contribution in [3.05, 3.63) is 201 Å². The average Bonchev–Trinajstić information content (AvgIpc) is 4.03. The highest BCUT2D eigenvalue weighted by Crippen LogP contribution is 2.30. The van der Waals surface area contributed by atoms with E-state index in [1.165, 1.54) is 0 Å². The van der Waals surface area contributed by atoms with E-state index in [9.17, 15) is 0 Å². The summed E-state index contributed by atoms with van der Waals surface area (Å²) in [5.74, 6) is 3.09. The summed E-state index contributed by atoms with van der Waals surface area (Å²) in [7, 11) is 8.12. The van der Waals surface area contributed by atoms with Crippen LogP contribution in [0.4, 0.5) is 11.4 Å². The zero-order valence-electron chi connectivity index (χ0n) is 31.7. The monoisotopic (exact) mass is 734 g/mol. The van der Waals surface area contributed by atoms with Crippen LogP contribution in [0.1, 0.15) is 33.9 Å². The van der Waals surface area contributed by atoms with Crippen molar-refractivity contribution in [2.24, 2.45) is 0 Å². The third kappa shape index (κ3) is 7.15. The molecule has 0 atom stereocenters. The van der Waals surface area contributed by atoms with E-state index in [4.69, 9.17) is 9.47 Å². The van der Waals surface area contributed by atoms with E-state index in [0.717, 1.165) is 101 Å². The standard InChI is InChI=1S/C48H42N6O2/c1-53(2)37-15-19-39(20-16-37)55-41-9-5-7-31(27-41)47-43-23-11-33(49-43)29-35-13-25-45(51-35)48(46-26-14-36(52-46)30-34-12-24-44(47)50-34)32-8-6-10-42(28-32)56-40-21-17-38(18-22-40)54(3)4/h5-30,49-52H,1-4H3. The smallest absolute Gasteiger partial charge is 0.128 e. The van der Waals surface area contributed by atoms with Crippen LogP contribution in [0.3, 0.4) is 0 Å². The Labute approximate surface area is 325 Å². The Morgan fingerprint density at radius 3 is 1.23 bits per heavy atom. The first-order valence-corrected chi connectivity index (χ1v) is 18.6. The Balaban J connectivity index is 1.12. The molecular formula is C48H42N6O2. The van der Waals surface area contributed by atoms with Gasteiger partial charge in [0.15, 0.2) is 0 Å². The minimum Gasteiger partial charge on any atom is -0.457 e. The van der Waals surface area contributed by atoms with Crippen molar-refractivity contribution in [3.8, 4) is 23.0 Å². The van der Waals surface area contributed by atoms with E-state index in [1.807, 2.05) is 76.7 Å². The molecule has 0 aliphatic carbocycles. The molecule has 0 saturated carbocycles. The second kappa shape index (κ2) is 14.5. The van der Waals surface area contributed by atoms with Crippen molar-refractivity contribution in [2.75, 3.05) is 38.0 Å². The highest BCUT2D eigenvalue weighted by atomic mass is 16.5. The topological polar surface area (TPSA) is 88.1 Å². The van der Waals surface area contributed by atoms with Crippen molar-refractivity contribution in [1.82, 2.24) is 19.9 Å². The summed E-state index contributed by atoms with van der Waals surface area (Å²) in [5, 5.41) is 3.92. The van der Waals surface area contributed by atoms with Crippen molar-refractivity contribution in [3.63, 3.8) is 0 Å². The number of nitrogens with zero attached hydrogens (tertiary/aromatic N) is 2. The number of rotatable bonds is 8. The second-order valence-electron chi connectivity index (χ2n) is 14.4. The number of fused-ring (bicyclic) bond motifs is 8.